The van der Waals surface area contributed by atoms with Gasteiger partial charge in [0.1, 0.15) is 0 Å². The SMILES string of the molecule is COc1cccc(CN2CCC3(CC2)CC(NC(=O)N(C)C)C3)n1.O=C(O)C(F)(F)F.O=C(O)C(F)(F)F. The Morgan fingerprint density at radius 1 is 1.05 bits per heavy atom. The topological polar surface area (TPSA) is 132 Å². The van der Waals surface area contributed by atoms with Gasteiger partial charge < -0.3 is 25.2 Å². The van der Waals surface area contributed by atoms with Crippen LogP contribution < -0.4 is 10.1 Å². The molecule has 0 unspecified atom stereocenters. The number of carbonyl (C=O) groups excluding carboxylic acids is 1. The van der Waals surface area contributed by atoms with E-state index in [0.717, 1.165) is 38.2 Å². The molecule has 2 heterocycles. The van der Waals surface area contributed by atoms with Gasteiger partial charge in [0, 0.05) is 32.7 Å². The summed E-state index contributed by atoms with van der Waals surface area (Å²) >= 11 is 0. The lowest BCUT2D eigenvalue weighted by atomic mass is 9.60. The molecule has 0 aromatic carbocycles. The normalized spacial score (nSPS) is 17.1. The van der Waals surface area contributed by atoms with Crippen molar-refractivity contribution >= 4 is 18.0 Å². The highest BCUT2D eigenvalue weighted by Gasteiger charge is 2.46. The maximum atomic E-state index is 11.7. The second-order valence-electron chi connectivity index (χ2n) is 9.00. The smallest absolute Gasteiger partial charge is 0.481 e. The number of hydrogen-bond donors (Lipinski definition) is 3. The number of nitrogens with zero attached hydrogens (tertiary/aromatic N) is 3. The van der Waals surface area contributed by atoms with E-state index in [2.05, 4.69) is 21.3 Å². The first-order valence-corrected chi connectivity index (χ1v) is 11.2. The highest BCUT2D eigenvalue weighted by molar-refractivity contribution is 5.74. The summed E-state index contributed by atoms with van der Waals surface area (Å²) in [6, 6.07) is 6.31. The number of halogens is 6. The molecule has 216 valence electrons. The van der Waals surface area contributed by atoms with Crippen LogP contribution in [0, 0.1) is 5.41 Å². The molecule has 0 bridgehead atoms. The number of piperidine rings is 1. The van der Waals surface area contributed by atoms with E-state index in [1.54, 1.807) is 26.1 Å². The molecule has 16 heteroatoms. The molecule has 0 atom stereocenters. The number of pyridine rings is 1. The van der Waals surface area contributed by atoms with E-state index < -0.39 is 24.3 Å². The number of alkyl halides is 6. The molecular formula is C22H30F6N4O6. The number of hydrogen-bond acceptors (Lipinski definition) is 6. The predicted octanol–water partition coefficient (Wildman–Crippen LogP) is 3.37. The fraction of sp³-hybridized carbons (Fsp3) is 0.636. The molecule has 1 aliphatic carbocycles. The third-order valence-electron chi connectivity index (χ3n) is 5.87. The summed E-state index contributed by atoms with van der Waals surface area (Å²) in [6.45, 7) is 3.09. The number of amides is 2. The fourth-order valence-electron chi connectivity index (χ4n) is 3.87. The summed E-state index contributed by atoms with van der Waals surface area (Å²) in [6.07, 6.45) is -5.49. The Labute approximate surface area is 214 Å². The van der Waals surface area contributed by atoms with Crippen LogP contribution in [0.25, 0.3) is 0 Å². The standard InChI is InChI=1S/C18H28N4O2.2C2HF3O2/c1-21(2)17(23)20-15-11-18(12-15)7-9-22(10-8-18)13-14-5-4-6-16(19-14)24-3;2*3-2(4,5)1(6)7/h4-6,15H,7-13H2,1-3H3,(H,20,23);2*(H,6,7). The Kier molecular flexibility index (Phi) is 11.6. The lowest BCUT2D eigenvalue weighted by Crippen LogP contribution is -2.56. The van der Waals surface area contributed by atoms with Crippen molar-refractivity contribution in [3.8, 4) is 5.88 Å². The average molecular weight is 560 g/mol. The molecule has 2 fully saturated rings. The minimum absolute atomic E-state index is 0.0244. The molecule has 2 amide bonds. The van der Waals surface area contributed by atoms with Crippen molar-refractivity contribution in [2.24, 2.45) is 5.41 Å². The van der Waals surface area contributed by atoms with Crippen LogP contribution in [0.2, 0.25) is 0 Å². The number of ether oxygens (including phenoxy) is 1. The molecule has 2 aliphatic rings. The first kappa shape index (κ1) is 32.7. The number of carboxylic acids is 2. The van der Waals surface area contributed by atoms with Crippen molar-refractivity contribution in [3.63, 3.8) is 0 Å². The summed E-state index contributed by atoms with van der Waals surface area (Å²) in [7, 11) is 5.22. The van der Waals surface area contributed by atoms with Crippen molar-refractivity contribution in [1.82, 2.24) is 20.1 Å². The van der Waals surface area contributed by atoms with E-state index in [4.69, 9.17) is 24.5 Å². The highest BCUT2D eigenvalue weighted by atomic mass is 19.4. The maximum Gasteiger partial charge on any atom is 0.490 e. The van der Waals surface area contributed by atoms with E-state index in [1.165, 1.54) is 12.8 Å². The summed E-state index contributed by atoms with van der Waals surface area (Å²) < 4.78 is 68.7. The molecule has 3 rings (SSSR count). The third-order valence-corrected chi connectivity index (χ3v) is 5.87. The number of carbonyl (C=O) groups is 3. The van der Waals surface area contributed by atoms with E-state index in [1.807, 2.05) is 12.1 Å². The fourth-order valence-corrected chi connectivity index (χ4v) is 3.87. The lowest BCUT2D eigenvalue weighted by molar-refractivity contribution is -0.193. The lowest BCUT2D eigenvalue weighted by Gasteiger charge is -2.52. The predicted molar refractivity (Wildman–Crippen MR) is 120 cm³/mol. The van der Waals surface area contributed by atoms with Gasteiger partial charge in [0.15, 0.2) is 0 Å². The molecule has 1 aromatic rings. The molecule has 1 saturated heterocycles. The van der Waals surface area contributed by atoms with Gasteiger partial charge in [-0.05, 0) is 50.3 Å². The zero-order valence-corrected chi connectivity index (χ0v) is 20.9. The second kappa shape index (κ2) is 13.5. The molecule has 1 aromatic heterocycles. The second-order valence-corrected chi connectivity index (χ2v) is 9.00. The molecule has 1 spiro atoms. The largest absolute Gasteiger partial charge is 0.490 e. The molecule has 10 nitrogen and oxygen atoms in total. The van der Waals surface area contributed by atoms with Gasteiger partial charge in [-0.15, -0.1) is 0 Å². The summed E-state index contributed by atoms with van der Waals surface area (Å²) in [5.41, 5.74) is 1.51. The van der Waals surface area contributed by atoms with Gasteiger partial charge in [-0.2, -0.15) is 26.3 Å². The van der Waals surface area contributed by atoms with Gasteiger partial charge in [0.25, 0.3) is 0 Å². The van der Waals surface area contributed by atoms with Crippen LogP contribution in [0.3, 0.4) is 0 Å². The minimum Gasteiger partial charge on any atom is -0.481 e. The quantitative estimate of drug-likeness (QED) is 0.478. The first-order chi connectivity index (χ1) is 17.4. The molecule has 1 aliphatic heterocycles. The Morgan fingerprint density at radius 2 is 1.53 bits per heavy atom. The van der Waals surface area contributed by atoms with E-state index in [0.29, 0.717) is 17.3 Å². The summed E-state index contributed by atoms with van der Waals surface area (Å²) in [4.78, 5) is 38.1. The van der Waals surface area contributed by atoms with Gasteiger partial charge in [-0.3, -0.25) is 4.90 Å². The van der Waals surface area contributed by atoms with Crippen LogP contribution in [0.15, 0.2) is 18.2 Å². The van der Waals surface area contributed by atoms with Crippen LogP contribution in [0.1, 0.15) is 31.4 Å². The first-order valence-electron chi connectivity index (χ1n) is 11.2. The summed E-state index contributed by atoms with van der Waals surface area (Å²) in [5.74, 6) is -4.83. The maximum absolute atomic E-state index is 11.7. The number of urea groups is 1. The van der Waals surface area contributed by atoms with E-state index in [-0.39, 0.29) is 6.03 Å². The van der Waals surface area contributed by atoms with Gasteiger partial charge in [0.2, 0.25) is 5.88 Å². The van der Waals surface area contributed by atoms with Crippen LogP contribution >= 0.6 is 0 Å². The molecule has 38 heavy (non-hydrogen) atoms. The third kappa shape index (κ3) is 11.0. The molecule has 0 radical (unpaired) electrons. The van der Waals surface area contributed by atoms with Gasteiger partial charge >= 0.3 is 30.3 Å². The number of nitrogens with one attached hydrogen (secondary N) is 1. The zero-order chi connectivity index (χ0) is 29.3. The number of carboxylic acid groups (broad SMARTS) is 2. The van der Waals surface area contributed by atoms with E-state index >= 15 is 0 Å². The number of aromatic nitrogens is 1. The molecule has 3 N–H and O–H groups in total. The van der Waals surface area contributed by atoms with Crippen LogP contribution in [-0.2, 0) is 16.1 Å². The summed E-state index contributed by atoms with van der Waals surface area (Å²) in [5, 5.41) is 17.4. The monoisotopic (exact) mass is 560 g/mol. The zero-order valence-electron chi connectivity index (χ0n) is 20.9. The van der Waals surface area contributed by atoms with Crippen molar-refractivity contribution in [2.45, 2.75) is 50.6 Å². The number of aliphatic carboxylic acids is 2. The average Bonchev–Trinajstić information content (AvgIpc) is 2.79. The van der Waals surface area contributed by atoms with Crippen molar-refractivity contribution in [3.05, 3.63) is 23.9 Å². The number of methoxy groups -OCH3 is 1. The Balaban J connectivity index is 0.000000426. The minimum atomic E-state index is -5.08. The van der Waals surface area contributed by atoms with Crippen LogP contribution in [0.4, 0.5) is 31.1 Å². The van der Waals surface area contributed by atoms with Gasteiger partial charge in [-0.1, -0.05) is 6.07 Å². The Bertz CT molecular complexity index is 917. The molecular weight excluding hydrogens is 530 g/mol. The van der Waals surface area contributed by atoms with Crippen molar-refractivity contribution < 1.29 is 55.7 Å². The number of likely N-dealkylation sites (tertiary alicyclic amines) is 1. The van der Waals surface area contributed by atoms with Crippen molar-refractivity contribution in [2.75, 3.05) is 34.3 Å². The van der Waals surface area contributed by atoms with Crippen LogP contribution in [0.5, 0.6) is 5.88 Å². The van der Waals surface area contributed by atoms with Crippen molar-refractivity contribution in [1.29, 1.82) is 0 Å². The number of rotatable bonds is 4. The Hall–Kier alpha value is -3.30. The molecule has 1 saturated carbocycles. The highest BCUT2D eigenvalue weighted by Crippen LogP contribution is 2.49. The van der Waals surface area contributed by atoms with Gasteiger partial charge in [-0.25, -0.2) is 19.4 Å². The van der Waals surface area contributed by atoms with Gasteiger partial charge in [0.05, 0.1) is 12.8 Å². The Morgan fingerprint density at radius 3 is 1.92 bits per heavy atom. The van der Waals surface area contributed by atoms with E-state index in [9.17, 15) is 31.1 Å². The van der Waals surface area contributed by atoms with Crippen LogP contribution in [-0.4, -0.2) is 95.7 Å².